The Kier molecular flexibility index (Phi) is 5.18. The third kappa shape index (κ3) is 3.99. The second-order valence-corrected chi connectivity index (χ2v) is 9.18. The number of nitrogens with zero attached hydrogens (tertiary/aromatic N) is 4. The van der Waals surface area contributed by atoms with Crippen LogP contribution in [0, 0.1) is 11.6 Å². The minimum atomic E-state index is -4.03. The molecule has 13 heteroatoms. The summed E-state index contributed by atoms with van der Waals surface area (Å²) in [4.78, 5) is 19.5. The molecular weight excluding hydrogens is 472 g/mol. The maximum Gasteiger partial charge on any atom is 0.262 e. The van der Waals surface area contributed by atoms with E-state index in [1.807, 2.05) is 0 Å². The Morgan fingerprint density at radius 3 is 2.76 bits per heavy atom. The first-order valence-electron chi connectivity index (χ1n) is 9.33. The molecule has 5 rings (SSSR count). The van der Waals surface area contributed by atoms with Crippen LogP contribution in [0.15, 0.2) is 64.7 Å². The predicted molar refractivity (Wildman–Crippen MR) is 120 cm³/mol. The van der Waals surface area contributed by atoms with Gasteiger partial charge in [0.1, 0.15) is 35.0 Å². The summed E-state index contributed by atoms with van der Waals surface area (Å²) in [5.74, 6) is -1.60. The molecule has 0 aliphatic carbocycles. The van der Waals surface area contributed by atoms with E-state index in [0.29, 0.717) is 22.6 Å². The SMILES string of the molecule is O=S(=O)(Nc1ccc(F)c(Nc2ncccc2-c2nc3ncncc3[nH]2)c1F)c1ccsc1. The van der Waals surface area contributed by atoms with Gasteiger partial charge in [-0.1, -0.05) is 0 Å². The van der Waals surface area contributed by atoms with E-state index in [2.05, 4.69) is 35.0 Å². The van der Waals surface area contributed by atoms with Crippen molar-refractivity contribution < 1.29 is 17.2 Å². The lowest BCUT2D eigenvalue weighted by molar-refractivity contribution is 0.588. The monoisotopic (exact) mass is 485 g/mol. The van der Waals surface area contributed by atoms with Gasteiger partial charge in [0.25, 0.3) is 10.0 Å². The number of hydrogen-bond donors (Lipinski definition) is 3. The van der Waals surface area contributed by atoms with E-state index in [1.165, 1.54) is 35.3 Å². The quantitative estimate of drug-likeness (QED) is 0.327. The molecule has 3 N–H and O–H groups in total. The van der Waals surface area contributed by atoms with Crippen molar-refractivity contribution in [2.45, 2.75) is 4.90 Å². The van der Waals surface area contributed by atoms with E-state index >= 15 is 4.39 Å². The van der Waals surface area contributed by atoms with Crippen LogP contribution in [-0.4, -0.2) is 33.3 Å². The molecule has 0 fully saturated rings. The summed E-state index contributed by atoms with van der Waals surface area (Å²) >= 11 is 1.18. The molecule has 5 aromatic rings. The van der Waals surface area contributed by atoms with Crippen molar-refractivity contribution in [2.24, 2.45) is 0 Å². The zero-order chi connectivity index (χ0) is 23.0. The molecule has 0 bridgehead atoms. The highest BCUT2D eigenvalue weighted by Gasteiger charge is 2.22. The summed E-state index contributed by atoms with van der Waals surface area (Å²) < 4.78 is 56.9. The van der Waals surface area contributed by atoms with Gasteiger partial charge < -0.3 is 10.3 Å². The highest BCUT2D eigenvalue weighted by Crippen LogP contribution is 2.33. The number of aromatic amines is 1. The first-order chi connectivity index (χ1) is 15.9. The third-order valence-electron chi connectivity index (χ3n) is 4.61. The number of halogens is 2. The molecular formula is C20H13F2N7O2S2. The lowest BCUT2D eigenvalue weighted by atomic mass is 10.2. The van der Waals surface area contributed by atoms with Crippen LogP contribution in [0.3, 0.4) is 0 Å². The van der Waals surface area contributed by atoms with Crippen LogP contribution in [0.1, 0.15) is 0 Å². The molecule has 0 atom stereocenters. The van der Waals surface area contributed by atoms with Gasteiger partial charge in [-0.05, 0) is 35.7 Å². The van der Waals surface area contributed by atoms with Gasteiger partial charge in [0.05, 0.1) is 22.3 Å². The highest BCUT2D eigenvalue weighted by molar-refractivity contribution is 7.92. The molecule has 0 saturated heterocycles. The number of sulfonamides is 1. The number of thiophene rings is 1. The zero-order valence-electron chi connectivity index (χ0n) is 16.5. The van der Waals surface area contributed by atoms with E-state index in [1.54, 1.807) is 23.7 Å². The lowest BCUT2D eigenvalue weighted by Gasteiger charge is -2.14. The van der Waals surface area contributed by atoms with Crippen molar-refractivity contribution >= 4 is 49.7 Å². The number of imidazole rings is 1. The van der Waals surface area contributed by atoms with E-state index in [-0.39, 0.29) is 10.7 Å². The first-order valence-corrected chi connectivity index (χ1v) is 11.8. The minimum Gasteiger partial charge on any atom is -0.335 e. The number of benzene rings is 1. The molecule has 4 heterocycles. The molecule has 166 valence electrons. The number of anilines is 3. The predicted octanol–water partition coefficient (Wildman–Crippen LogP) is 4.30. The second-order valence-electron chi connectivity index (χ2n) is 6.72. The number of H-pyrrole nitrogens is 1. The summed E-state index contributed by atoms with van der Waals surface area (Å²) in [7, 11) is -4.03. The molecule has 0 amide bonds. The van der Waals surface area contributed by atoms with Crippen molar-refractivity contribution in [3.8, 4) is 11.4 Å². The summed E-state index contributed by atoms with van der Waals surface area (Å²) in [5.41, 5.74) is 0.415. The molecule has 9 nitrogen and oxygen atoms in total. The Morgan fingerprint density at radius 2 is 1.97 bits per heavy atom. The van der Waals surface area contributed by atoms with Gasteiger partial charge in [-0.15, -0.1) is 0 Å². The molecule has 4 aromatic heterocycles. The van der Waals surface area contributed by atoms with Crippen molar-refractivity contribution in [3.63, 3.8) is 0 Å². The smallest absolute Gasteiger partial charge is 0.262 e. The average molecular weight is 486 g/mol. The fourth-order valence-electron chi connectivity index (χ4n) is 3.06. The topological polar surface area (TPSA) is 126 Å². The number of pyridine rings is 1. The fourth-order valence-corrected chi connectivity index (χ4v) is 5.15. The third-order valence-corrected chi connectivity index (χ3v) is 6.80. The molecule has 0 unspecified atom stereocenters. The standard InChI is InChI=1S/C20H13F2N7O2S2/c21-13-3-4-14(29-33(30,31)11-5-7-32-9-11)16(22)17(13)27-18-12(2-1-6-24-18)19-26-15-8-23-10-25-20(15)28-19/h1-10,29H,(H,24,27)(H,23,25,26,28). The Labute approximate surface area is 189 Å². The fraction of sp³-hybridized carbons (Fsp3) is 0. The number of nitrogens with one attached hydrogen (secondary N) is 3. The zero-order valence-corrected chi connectivity index (χ0v) is 18.1. The van der Waals surface area contributed by atoms with Crippen molar-refractivity contribution in [2.75, 3.05) is 10.0 Å². The van der Waals surface area contributed by atoms with Gasteiger partial charge in [0.2, 0.25) is 0 Å². The largest absolute Gasteiger partial charge is 0.335 e. The van der Waals surface area contributed by atoms with Gasteiger partial charge in [-0.25, -0.2) is 37.1 Å². The summed E-state index contributed by atoms with van der Waals surface area (Å²) in [6.07, 6.45) is 4.33. The second kappa shape index (κ2) is 8.18. The molecule has 1 aromatic carbocycles. The number of fused-ring (bicyclic) bond motifs is 1. The van der Waals surface area contributed by atoms with Crippen molar-refractivity contribution in [3.05, 3.63) is 71.4 Å². The van der Waals surface area contributed by atoms with Gasteiger partial charge >= 0.3 is 0 Å². The van der Waals surface area contributed by atoms with Crippen LogP contribution < -0.4 is 10.0 Å². The van der Waals surface area contributed by atoms with E-state index < -0.39 is 33.0 Å². The van der Waals surface area contributed by atoms with Crippen LogP contribution in [0.4, 0.5) is 26.0 Å². The van der Waals surface area contributed by atoms with E-state index in [4.69, 9.17) is 0 Å². The molecule has 0 aliphatic rings. The molecule has 0 spiro atoms. The Bertz CT molecular complexity index is 1540. The van der Waals surface area contributed by atoms with Crippen molar-refractivity contribution in [1.29, 1.82) is 0 Å². The maximum absolute atomic E-state index is 15.2. The number of rotatable bonds is 6. The van der Waals surface area contributed by atoms with Gasteiger partial charge in [-0.2, -0.15) is 11.3 Å². The minimum absolute atomic E-state index is 0.0225. The summed E-state index contributed by atoms with van der Waals surface area (Å²) in [5, 5.41) is 5.60. The molecule has 0 radical (unpaired) electrons. The molecule has 0 aliphatic heterocycles. The number of hydrogen-bond acceptors (Lipinski definition) is 8. The normalized spacial score (nSPS) is 11.6. The van der Waals surface area contributed by atoms with E-state index in [9.17, 15) is 12.8 Å². The summed E-state index contributed by atoms with van der Waals surface area (Å²) in [6, 6.07) is 6.63. The Morgan fingerprint density at radius 1 is 1.09 bits per heavy atom. The van der Waals surface area contributed by atoms with Gasteiger partial charge in [0, 0.05) is 11.6 Å². The Hall–Kier alpha value is -3.97. The van der Waals surface area contributed by atoms with Crippen LogP contribution in [0.5, 0.6) is 0 Å². The van der Waals surface area contributed by atoms with Crippen LogP contribution in [-0.2, 0) is 10.0 Å². The maximum atomic E-state index is 15.2. The van der Waals surface area contributed by atoms with Crippen LogP contribution >= 0.6 is 11.3 Å². The average Bonchev–Trinajstić information content (AvgIpc) is 3.49. The van der Waals surface area contributed by atoms with Crippen molar-refractivity contribution in [1.82, 2.24) is 24.9 Å². The highest BCUT2D eigenvalue weighted by atomic mass is 32.2. The molecule has 33 heavy (non-hydrogen) atoms. The van der Waals surface area contributed by atoms with Gasteiger partial charge in [0.15, 0.2) is 11.5 Å². The Balaban J connectivity index is 1.52. The van der Waals surface area contributed by atoms with Crippen LogP contribution in [0.25, 0.3) is 22.6 Å². The van der Waals surface area contributed by atoms with Crippen LogP contribution in [0.2, 0.25) is 0 Å². The first kappa shape index (κ1) is 20.9. The van der Waals surface area contributed by atoms with Gasteiger partial charge in [-0.3, -0.25) is 4.72 Å². The molecule has 0 saturated carbocycles. The number of aromatic nitrogens is 5. The van der Waals surface area contributed by atoms with E-state index in [0.717, 1.165) is 12.1 Å². The summed E-state index contributed by atoms with van der Waals surface area (Å²) in [6.45, 7) is 0. The lowest BCUT2D eigenvalue weighted by Crippen LogP contribution is -2.14.